The fraction of sp³-hybridized carbons (Fsp3) is 0.444. The molecule has 0 atom stereocenters. The van der Waals surface area contributed by atoms with Crippen LogP contribution in [0.2, 0.25) is 5.28 Å². The lowest BCUT2D eigenvalue weighted by Gasteiger charge is -2.15. The van der Waals surface area contributed by atoms with Crippen molar-refractivity contribution >= 4 is 39.8 Å². The number of fused-ring (bicyclic) bond motifs is 1. The lowest BCUT2D eigenvalue weighted by molar-refractivity contribution is 0.0687. The molecule has 1 N–H and O–H groups in total. The molecular formula is C9H10ClIN4O. The summed E-state index contributed by atoms with van der Waals surface area (Å²) < 4.78 is 2.38. The maximum atomic E-state index is 9.85. The van der Waals surface area contributed by atoms with Crippen LogP contribution in [0.4, 0.5) is 0 Å². The van der Waals surface area contributed by atoms with E-state index in [0.717, 1.165) is 9.26 Å². The Hall–Kier alpha value is -0.470. The molecule has 86 valence electrons. The van der Waals surface area contributed by atoms with E-state index >= 15 is 0 Å². The molecule has 0 unspecified atom stereocenters. The van der Waals surface area contributed by atoms with E-state index in [2.05, 4.69) is 37.7 Å². The molecule has 0 aliphatic heterocycles. The van der Waals surface area contributed by atoms with E-state index in [1.165, 1.54) is 4.52 Å². The van der Waals surface area contributed by atoms with E-state index in [0.29, 0.717) is 11.5 Å². The van der Waals surface area contributed by atoms with Crippen molar-refractivity contribution in [1.29, 1.82) is 0 Å². The van der Waals surface area contributed by atoms with Gasteiger partial charge in [-0.05, 0) is 55.0 Å². The summed E-state index contributed by atoms with van der Waals surface area (Å²) in [5.74, 6) is 0.294. The second kappa shape index (κ2) is 3.78. The average molecular weight is 353 g/mol. The Labute approximate surface area is 111 Å². The van der Waals surface area contributed by atoms with E-state index in [-0.39, 0.29) is 5.28 Å². The Morgan fingerprint density at radius 2 is 2.00 bits per heavy atom. The third-order valence-electron chi connectivity index (χ3n) is 2.10. The van der Waals surface area contributed by atoms with Crippen molar-refractivity contribution in [1.82, 2.24) is 19.6 Å². The van der Waals surface area contributed by atoms with Gasteiger partial charge in [-0.2, -0.15) is 14.6 Å². The van der Waals surface area contributed by atoms with Gasteiger partial charge in [0.05, 0.1) is 9.26 Å². The number of hydrogen-bond acceptors (Lipinski definition) is 4. The lowest BCUT2D eigenvalue weighted by atomic mass is 10.1. The smallest absolute Gasteiger partial charge is 0.227 e. The van der Waals surface area contributed by atoms with Gasteiger partial charge in [-0.1, -0.05) is 0 Å². The van der Waals surface area contributed by atoms with Crippen LogP contribution < -0.4 is 0 Å². The van der Waals surface area contributed by atoms with Gasteiger partial charge in [-0.25, -0.2) is 4.98 Å². The first-order valence-electron chi connectivity index (χ1n) is 4.62. The molecule has 5 nitrogen and oxygen atoms in total. The van der Waals surface area contributed by atoms with Crippen molar-refractivity contribution < 1.29 is 5.11 Å². The zero-order valence-electron chi connectivity index (χ0n) is 8.99. The standard InChI is InChI=1S/C9H10ClIN4O/c1-4-5(11)6-12-7(9(2,3)16)13-8(10)15(6)14-4/h16H,1-3H3. The highest BCUT2D eigenvalue weighted by molar-refractivity contribution is 14.1. The van der Waals surface area contributed by atoms with Gasteiger partial charge in [0, 0.05) is 0 Å². The van der Waals surface area contributed by atoms with Gasteiger partial charge in [0.25, 0.3) is 0 Å². The fourth-order valence-electron chi connectivity index (χ4n) is 1.25. The largest absolute Gasteiger partial charge is 0.382 e. The average Bonchev–Trinajstić information content (AvgIpc) is 2.44. The molecular weight excluding hydrogens is 342 g/mol. The highest BCUT2D eigenvalue weighted by Gasteiger charge is 2.23. The van der Waals surface area contributed by atoms with Crippen molar-refractivity contribution in [2.24, 2.45) is 0 Å². The van der Waals surface area contributed by atoms with Crippen LogP contribution in [0.25, 0.3) is 5.65 Å². The molecule has 2 aromatic rings. The highest BCUT2D eigenvalue weighted by atomic mass is 127. The van der Waals surface area contributed by atoms with Crippen LogP contribution in [0.5, 0.6) is 0 Å². The molecule has 0 radical (unpaired) electrons. The van der Waals surface area contributed by atoms with Crippen molar-refractivity contribution in [3.05, 3.63) is 20.4 Å². The summed E-state index contributed by atoms with van der Waals surface area (Å²) in [6, 6.07) is 0. The van der Waals surface area contributed by atoms with Crippen LogP contribution >= 0.6 is 34.2 Å². The van der Waals surface area contributed by atoms with Gasteiger partial charge in [0.15, 0.2) is 11.5 Å². The molecule has 0 amide bonds. The first-order chi connectivity index (χ1) is 7.30. The molecule has 0 bridgehead atoms. The molecule has 0 spiro atoms. The number of aromatic nitrogens is 4. The molecule has 2 rings (SSSR count). The number of aryl methyl sites for hydroxylation is 1. The number of rotatable bonds is 1. The normalized spacial score (nSPS) is 12.4. The van der Waals surface area contributed by atoms with Crippen LogP contribution in [0.15, 0.2) is 0 Å². The number of aliphatic hydroxyl groups is 1. The molecule has 16 heavy (non-hydrogen) atoms. The molecule has 0 aliphatic carbocycles. The molecule has 7 heteroatoms. The quantitative estimate of drug-likeness (QED) is 0.797. The molecule has 0 aromatic carbocycles. The van der Waals surface area contributed by atoms with E-state index in [9.17, 15) is 5.11 Å². The summed E-state index contributed by atoms with van der Waals surface area (Å²) in [5, 5.41) is 14.3. The second-order valence-electron chi connectivity index (χ2n) is 4.01. The van der Waals surface area contributed by atoms with Crippen molar-refractivity contribution in [3.8, 4) is 0 Å². The maximum Gasteiger partial charge on any atom is 0.227 e. The van der Waals surface area contributed by atoms with E-state index in [4.69, 9.17) is 11.6 Å². The minimum Gasteiger partial charge on any atom is -0.382 e. The molecule has 2 aromatic heterocycles. The van der Waals surface area contributed by atoms with Crippen molar-refractivity contribution in [2.45, 2.75) is 26.4 Å². The van der Waals surface area contributed by atoms with Gasteiger partial charge >= 0.3 is 0 Å². The fourth-order valence-corrected chi connectivity index (χ4v) is 1.91. The Morgan fingerprint density at radius 1 is 1.38 bits per heavy atom. The van der Waals surface area contributed by atoms with Gasteiger partial charge in [-0.15, -0.1) is 0 Å². The van der Waals surface area contributed by atoms with E-state index in [1.54, 1.807) is 13.8 Å². The maximum absolute atomic E-state index is 9.85. The Balaban J connectivity index is 2.80. The SMILES string of the molecule is Cc1nn2c(Cl)nc(C(C)(C)O)nc2c1I. The zero-order valence-corrected chi connectivity index (χ0v) is 11.9. The lowest BCUT2D eigenvalue weighted by Crippen LogP contribution is -2.21. The number of hydrogen-bond donors (Lipinski definition) is 1. The second-order valence-corrected chi connectivity index (χ2v) is 5.43. The summed E-state index contributed by atoms with van der Waals surface area (Å²) in [7, 11) is 0. The predicted molar refractivity (Wildman–Crippen MR) is 68.5 cm³/mol. The summed E-state index contributed by atoms with van der Waals surface area (Å²) in [5.41, 5.74) is 0.340. The minimum absolute atomic E-state index is 0.202. The Kier molecular flexibility index (Phi) is 2.83. The molecule has 0 fully saturated rings. The number of nitrogens with zero attached hydrogens (tertiary/aromatic N) is 4. The minimum atomic E-state index is -1.12. The van der Waals surface area contributed by atoms with Crippen LogP contribution in [-0.4, -0.2) is 24.7 Å². The Bertz CT molecular complexity index is 561. The first kappa shape index (κ1) is 12.0. The van der Waals surface area contributed by atoms with Gasteiger partial charge in [-0.3, -0.25) is 0 Å². The van der Waals surface area contributed by atoms with E-state index in [1.807, 2.05) is 6.92 Å². The van der Waals surface area contributed by atoms with Gasteiger partial charge < -0.3 is 5.11 Å². The summed E-state index contributed by atoms with van der Waals surface area (Å²) in [6.07, 6.45) is 0. The van der Waals surface area contributed by atoms with Gasteiger partial charge in [0.1, 0.15) is 5.60 Å². The van der Waals surface area contributed by atoms with Crippen LogP contribution in [-0.2, 0) is 5.60 Å². The summed E-state index contributed by atoms with van der Waals surface area (Å²) >= 11 is 8.13. The third kappa shape index (κ3) is 1.89. The summed E-state index contributed by atoms with van der Waals surface area (Å²) in [6.45, 7) is 5.10. The topological polar surface area (TPSA) is 63.3 Å². The Morgan fingerprint density at radius 3 is 2.56 bits per heavy atom. The van der Waals surface area contributed by atoms with E-state index < -0.39 is 5.60 Å². The van der Waals surface area contributed by atoms with Crippen LogP contribution in [0.1, 0.15) is 25.4 Å². The number of halogens is 2. The molecule has 0 saturated heterocycles. The van der Waals surface area contributed by atoms with Crippen molar-refractivity contribution in [3.63, 3.8) is 0 Å². The monoisotopic (exact) mass is 352 g/mol. The molecule has 2 heterocycles. The molecule has 0 aliphatic rings. The van der Waals surface area contributed by atoms with Crippen molar-refractivity contribution in [2.75, 3.05) is 0 Å². The van der Waals surface area contributed by atoms with Crippen LogP contribution in [0, 0.1) is 10.5 Å². The van der Waals surface area contributed by atoms with Crippen LogP contribution in [0.3, 0.4) is 0 Å². The predicted octanol–water partition coefficient (Wildman–Crippen LogP) is 1.92. The summed E-state index contributed by atoms with van der Waals surface area (Å²) in [4.78, 5) is 8.30. The highest BCUT2D eigenvalue weighted by Crippen LogP contribution is 2.22. The third-order valence-corrected chi connectivity index (χ3v) is 3.60. The molecule has 0 saturated carbocycles. The first-order valence-corrected chi connectivity index (χ1v) is 6.07. The van der Waals surface area contributed by atoms with Gasteiger partial charge in [0.2, 0.25) is 5.28 Å². The zero-order chi connectivity index (χ0) is 12.1.